The molecule has 2 heterocycles. The Labute approximate surface area is 148 Å². The number of aliphatic hydroxyl groups is 1. The van der Waals surface area contributed by atoms with Crippen molar-refractivity contribution in [2.45, 2.75) is 19.7 Å². The molecule has 0 aliphatic heterocycles. The van der Waals surface area contributed by atoms with Crippen LogP contribution in [0, 0.1) is 6.92 Å². The van der Waals surface area contributed by atoms with E-state index in [9.17, 15) is 13.2 Å². The molecule has 0 spiro atoms. The van der Waals surface area contributed by atoms with Crippen LogP contribution in [0.5, 0.6) is 0 Å². The van der Waals surface area contributed by atoms with Crippen molar-refractivity contribution < 1.29 is 42.8 Å². The number of aryl methyl sites for hydroxylation is 1. The number of nitrogens with zero attached hydrogens (tertiary/aromatic N) is 2. The summed E-state index contributed by atoms with van der Waals surface area (Å²) in [5, 5.41) is 9.03. The summed E-state index contributed by atoms with van der Waals surface area (Å²) in [6, 6.07) is 5.58. The minimum absolute atomic E-state index is 0. The van der Waals surface area contributed by atoms with Crippen molar-refractivity contribution in [2.75, 3.05) is 0 Å². The van der Waals surface area contributed by atoms with Crippen LogP contribution in [0.1, 0.15) is 22.7 Å². The Bertz CT molecular complexity index is 607. The number of pyridine rings is 2. The molecule has 0 saturated heterocycles. The number of alkyl halides is 3. The standard InChI is InChI=1S/C13H11F3N2O.Al.Li.4H/c1-8-10(7-19)2-4-11(18-8)9-3-5-12(17-6-9)13(14,15)16;;;;;;/h2-6,19H,7H2,1H3;;;;;;/q;+3;+1;4*-1. The van der Waals surface area contributed by atoms with Crippen molar-refractivity contribution >= 4 is 17.4 Å². The zero-order valence-corrected chi connectivity index (χ0v) is 12.8. The molecule has 108 valence electrons. The first-order valence-electron chi connectivity index (χ1n) is 5.53. The smallest absolute Gasteiger partial charge is 1.00 e. The van der Waals surface area contributed by atoms with Crippen molar-refractivity contribution in [3.8, 4) is 11.3 Å². The van der Waals surface area contributed by atoms with Gasteiger partial charge in [0.1, 0.15) is 5.69 Å². The van der Waals surface area contributed by atoms with E-state index in [1.807, 2.05) is 0 Å². The summed E-state index contributed by atoms with van der Waals surface area (Å²) in [7, 11) is 0. The number of aliphatic hydroxyl groups excluding tert-OH is 1. The summed E-state index contributed by atoms with van der Waals surface area (Å²) in [6.07, 6.45) is -3.30. The van der Waals surface area contributed by atoms with Crippen LogP contribution in [-0.4, -0.2) is 32.4 Å². The van der Waals surface area contributed by atoms with E-state index in [2.05, 4.69) is 9.97 Å². The predicted molar refractivity (Wildman–Crippen MR) is 73.3 cm³/mol. The molecule has 2 rings (SSSR count). The minimum atomic E-state index is -4.44. The van der Waals surface area contributed by atoms with Crippen LogP contribution in [0.4, 0.5) is 13.2 Å². The van der Waals surface area contributed by atoms with Crippen molar-refractivity contribution in [3.05, 3.63) is 47.4 Å². The van der Waals surface area contributed by atoms with Crippen LogP contribution < -0.4 is 18.9 Å². The maximum Gasteiger partial charge on any atom is 3.00 e. The fourth-order valence-electron chi connectivity index (χ4n) is 1.63. The van der Waals surface area contributed by atoms with Gasteiger partial charge in [-0.05, 0) is 30.7 Å². The molecule has 8 heteroatoms. The second kappa shape index (κ2) is 7.98. The first-order valence-corrected chi connectivity index (χ1v) is 5.53. The molecule has 0 fully saturated rings. The summed E-state index contributed by atoms with van der Waals surface area (Å²) in [6.45, 7) is 1.61. The van der Waals surface area contributed by atoms with Crippen molar-refractivity contribution in [1.82, 2.24) is 9.97 Å². The first kappa shape index (κ1) is 20.2. The molecule has 0 aliphatic rings. The van der Waals surface area contributed by atoms with Gasteiger partial charge in [-0.1, -0.05) is 6.07 Å². The van der Waals surface area contributed by atoms with E-state index >= 15 is 0 Å². The summed E-state index contributed by atoms with van der Waals surface area (Å²) in [5.74, 6) is 0. The third kappa shape index (κ3) is 4.85. The SMILES string of the molecule is Cc1nc(-c2ccc(C(F)(F)F)nc2)ccc1CO.[Al+3].[H-].[H-].[H-].[H-].[Li+]. The molecule has 0 bridgehead atoms. The van der Waals surface area contributed by atoms with E-state index in [0.717, 1.165) is 12.3 Å². The minimum Gasteiger partial charge on any atom is -1.00 e. The molecule has 2 aromatic heterocycles. The van der Waals surface area contributed by atoms with Crippen molar-refractivity contribution in [2.24, 2.45) is 0 Å². The molecule has 3 nitrogen and oxygen atoms in total. The van der Waals surface area contributed by atoms with Gasteiger partial charge in [-0.2, -0.15) is 13.2 Å². The molecule has 2 aromatic rings. The van der Waals surface area contributed by atoms with Crippen LogP contribution >= 0.6 is 0 Å². The second-order valence-corrected chi connectivity index (χ2v) is 4.03. The maximum atomic E-state index is 12.4. The molecule has 0 saturated carbocycles. The summed E-state index contributed by atoms with van der Waals surface area (Å²) in [5.41, 5.74) is 1.42. The molecule has 0 aliphatic carbocycles. The van der Waals surface area contributed by atoms with Crippen LogP contribution in [0.3, 0.4) is 0 Å². The first-order chi connectivity index (χ1) is 8.91. The number of hydrogen-bond donors (Lipinski definition) is 1. The molecule has 21 heavy (non-hydrogen) atoms. The molecular formula is C13H15AlF3LiN2O. The Kier molecular flexibility index (Phi) is 7.67. The molecule has 0 unspecified atom stereocenters. The topological polar surface area (TPSA) is 46.0 Å². The summed E-state index contributed by atoms with van der Waals surface area (Å²) < 4.78 is 37.1. The Morgan fingerprint density at radius 1 is 1.19 bits per heavy atom. The van der Waals surface area contributed by atoms with Gasteiger partial charge < -0.3 is 10.8 Å². The average molecular weight is 306 g/mol. The van der Waals surface area contributed by atoms with Gasteiger partial charge in [0.15, 0.2) is 0 Å². The van der Waals surface area contributed by atoms with Gasteiger partial charge in [0.25, 0.3) is 0 Å². The largest absolute Gasteiger partial charge is 3.00 e. The van der Waals surface area contributed by atoms with Gasteiger partial charge in [-0.3, -0.25) is 9.97 Å². The fraction of sp³-hybridized carbons (Fsp3) is 0.231. The summed E-state index contributed by atoms with van der Waals surface area (Å²) >= 11 is 0. The van der Waals surface area contributed by atoms with Crippen molar-refractivity contribution in [1.29, 1.82) is 0 Å². The number of rotatable bonds is 2. The van der Waals surface area contributed by atoms with E-state index < -0.39 is 11.9 Å². The Morgan fingerprint density at radius 2 is 1.86 bits per heavy atom. The van der Waals surface area contributed by atoms with Gasteiger partial charge in [-0.15, -0.1) is 0 Å². The van der Waals surface area contributed by atoms with E-state index in [1.165, 1.54) is 6.07 Å². The maximum absolute atomic E-state index is 12.4. The second-order valence-electron chi connectivity index (χ2n) is 4.03. The quantitative estimate of drug-likeness (QED) is 0.797. The normalized spacial score (nSPS) is 10.5. The van der Waals surface area contributed by atoms with Crippen molar-refractivity contribution in [3.63, 3.8) is 0 Å². The van der Waals surface area contributed by atoms with E-state index in [1.54, 1.807) is 19.1 Å². The van der Waals surface area contributed by atoms with E-state index in [-0.39, 0.29) is 48.5 Å². The van der Waals surface area contributed by atoms with Gasteiger partial charge in [0.05, 0.1) is 12.3 Å². The third-order valence-electron chi connectivity index (χ3n) is 2.72. The van der Waals surface area contributed by atoms with Gasteiger partial charge >= 0.3 is 42.4 Å². The molecular weight excluding hydrogens is 291 g/mol. The Morgan fingerprint density at radius 3 is 2.29 bits per heavy atom. The number of halogens is 3. The molecule has 0 atom stereocenters. The number of hydrogen-bond acceptors (Lipinski definition) is 3. The molecule has 0 radical (unpaired) electrons. The van der Waals surface area contributed by atoms with Crippen LogP contribution in [0.2, 0.25) is 0 Å². The van der Waals surface area contributed by atoms with Gasteiger partial charge in [-0.25, -0.2) is 0 Å². The predicted octanol–water partition coefficient (Wildman–Crippen LogP) is 0.0363. The third-order valence-corrected chi connectivity index (χ3v) is 2.72. The monoisotopic (exact) mass is 306 g/mol. The molecule has 0 aromatic carbocycles. The Balaban J connectivity index is -0.000000222. The zero-order valence-electron chi connectivity index (χ0n) is 15.6. The number of aromatic nitrogens is 2. The van der Waals surface area contributed by atoms with Crippen LogP contribution in [0.25, 0.3) is 11.3 Å². The summed E-state index contributed by atoms with van der Waals surface area (Å²) in [4.78, 5) is 7.61. The zero-order chi connectivity index (χ0) is 14.0. The van der Waals surface area contributed by atoms with E-state index in [0.29, 0.717) is 22.5 Å². The van der Waals surface area contributed by atoms with Gasteiger partial charge in [0, 0.05) is 17.5 Å². The molecule has 0 amide bonds. The van der Waals surface area contributed by atoms with Crippen LogP contribution in [0.15, 0.2) is 30.5 Å². The average Bonchev–Trinajstić information content (AvgIpc) is 2.38. The molecule has 1 N–H and O–H groups in total. The van der Waals surface area contributed by atoms with Gasteiger partial charge in [0.2, 0.25) is 0 Å². The van der Waals surface area contributed by atoms with Crippen LogP contribution in [-0.2, 0) is 12.8 Å². The fourth-order valence-corrected chi connectivity index (χ4v) is 1.63. The van der Waals surface area contributed by atoms with E-state index in [4.69, 9.17) is 5.11 Å². The Hall–Kier alpha value is -0.820.